The summed E-state index contributed by atoms with van der Waals surface area (Å²) in [6.07, 6.45) is 0.518. The first-order chi connectivity index (χ1) is 13.5. The summed E-state index contributed by atoms with van der Waals surface area (Å²) in [5, 5.41) is 0.547. The summed E-state index contributed by atoms with van der Waals surface area (Å²) in [6.45, 7) is 1.85. The summed E-state index contributed by atoms with van der Waals surface area (Å²) in [5.74, 6) is -1.24. The van der Waals surface area contributed by atoms with Crippen molar-refractivity contribution < 1.29 is 23.9 Å². The van der Waals surface area contributed by atoms with Crippen molar-refractivity contribution in [2.75, 3.05) is 13.3 Å². The fraction of sp³-hybridized carbons (Fsp3) is 0.286. The Morgan fingerprint density at radius 3 is 2.54 bits per heavy atom. The van der Waals surface area contributed by atoms with E-state index in [2.05, 4.69) is 0 Å². The van der Waals surface area contributed by atoms with Crippen molar-refractivity contribution in [1.82, 2.24) is 4.90 Å². The molecule has 1 amide bonds. The predicted octanol–water partition coefficient (Wildman–Crippen LogP) is 2.97. The number of nitrogens with zero attached hydrogens (tertiary/aromatic N) is 1. The van der Waals surface area contributed by atoms with Gasteiger partial charge in [0.25, 0.3) is 5.91 Å². The molecule has 1 fully saturated rings. The normalized spacial score (nSPS) is 20.7. The van der Waals surface area contributed by atoms with Crippen LogP contribution in [-0.4, -0.2) is 35.7 Å². The average Bonchev–Trinajstić information content (AvgIpc) is 3.23. The van der Waals surface area contributed by atoms with E-state index in [-0.39, 0.29) is 12.6 Å². The predicted molar refractivity (Wildman–Crippen MR) is 101 cm³/mol. The zero-order chi connectivity index (χ0) is 19.8. The highest BCUT2D eigenvalue weighted by atomic mass is 35.5. The molecule has 6 nitrogen and oxygen atoms in total. The molecule has 2 unspecified atom stereocenters. The molecule has 0 radical (unpaired) electrons. The van der Waals surface area contributed by atoms with Crippen molar-refractivity contribution in [1.29, 1.82) is 0 Å². The molecule has 2 atom stereocenters. The van der Waals surface area contributed by atoms with E-state index in [1.165, 1.54) is 11.8 Å². The van der Waals surface area contributed by atoms with Crippen LogP contribution in [0.3, 0.4) is 0 Å². The Morgan fingerprint density at radius 2 is 1.82 bits per heavy atom. The third-order valence-corrected chi connectivity index (χ3v) is 5.39. The third-order valence-electron chi connectivity index (χ3n) is 5.13. The van der Waals surface area contributed by atoms with Gasteiger partial charge in [0.15, 0.2) is 11.5 Å². The minimum absolute atomic E-state index is 0.191. The molecular formula is C21H18ClNO5. The van der Waals surface area contributed by atoms with Crippen LogP contribution in [0.5, 0.6) is 11.5 Å². The zero-order valence-corrected chi connectivity index (χ0v) is 15.9. The standard InChI is InChI=1S/C21H18ClNO5/c1-12(24)18-19(14-3-5-15(22)6-4-14)23(21(26)20(18)25)9-8-13-2-7-16-17(10-13)28-11-27-16/h2-7,10,18-19H,8-9,11H2,1H3. The first-order valence-corrected chi connectivity index (χ1v) is 9.33. The highest BCUT2D eigenvalue weighted by Gasteiger charge is 2.49. The van der Waals surface area contributed by atoms with E-state index < -0.39 is 23.7 Å². The molecule has 0 N–H and O–H groups in total. The number of hydrogen-bond acceptors (Lipinski definition) is 5. The van der Waals surface area contributed by atoms with Gasteiger partial charge in [0, 0.05) is 11.6 Å². The van der Waals surface area contributed by atoms with E-state index in [9.17, 15) is 14.4 Å². The van der Waals surface area contributed by atoms with E-state index in [4.69, 9.17) is 21.1 Å². The second-order valence-corrected chi connectivity index (χ2v) is 7.32. The van der Waals surface area contributed by atoms with E-state index in [0.29, 0.717) is 29.5 Å². The molecule has 2 aromatic carbocycles. The van der Waals surface area contributed by atoms with Gasteiger partial charge in [0.05, 0.1) is 6.04 Å². The Hall–Kier alpha value is -2.86. The number of ketones is 2. The smallest absolute Gasteiger partial charge is 0.291 e. The van der Waals surface area contributed by atoms with Crippen molar-refractivity contribution in [3.8, 4) is 11.5 Å². The maximum absolute atomic E-state index is 12.6. The number of benzene rings is 2. The quantitative estimate of drug-likeness (QED) is 0.571. The third kappa shape index (κ3) is 3.24. The maximum Gasteiger partial charge on any atom is 0.291 e. The Kier molecular flexibility index (Phi) is 4.81. The summed E-state index contributed by atoms with van der Waals surface area (Å²) in [6, 6.07) is 11.9. The van der Waals surface area contributed by atoms with Crippen molar-refractivity contribution >= 4 is 29.1 Å². The number of Topliss-reactive ketones (excluding diaryl/α,β-unsaturated/α-hetero) is 2. The second kappa shape index (κ2) is 7.28. The molecule has 7 heteroatoms. The van der Waals surface area contributed by atoms with Crippen molar-refractivity contribution in [2.45, 2.75) is 19.4 Å². The van der Waals surface area contributed by atoms with Crippen LogP contribution in [0, 0.1) is 5.92 Å². The highest BCUT2D eigenvalue weighted by Crippen LogP contribution is 2.38. The van der Waals surface area contributed by atoms with Gasteiger partial charge < -0.3 is 14.4 Å². The topological polar surface area (TPSA) is 72.9 Å². The summed E-state index contributed by atoms with van der Waals surface area (Å²) in [4.78, 5) is 38.8. The van der Waals surface area contributed by atoms with Crippen LogP contribution in [0.15, 0.2) is 42.5 Å². The van der Waals surface area contributed by atoms with Crippen LogP contribution in [0.2, 0.25) is 5.02 Å². The van der Waals surface area contributed by atoms with Gasteiger partial charge in [-0.05, 0) is 48.7 Å². The van der Waals surface area contributed by atoms with Crippen LogP contribution in [0.25, 0.3) is 0 Å². The average molecular weight is 400 g/mol. The Balaban J connectivity index is 1.61. The minimum Gasteiger partial charge on any atom is -0.454 e. The molecule has 0 aromatic heterocycles. The molecule has 0 aliphatic carbocycles. The van der Waals surface area contributed by atoms with E-state index in [1.807, 2.05) is 18.2 Å². The van der Waals surface area contributed by atoms with Crippen LogP contribution < -0.4 is 9.47 Å². The lowest BCUT2D eigenvalue weighted by Gasteiger charge is -2.27. The first kappa shape index (κ1) is 18.5. The number of rotatable bonds is 5. The maximum atomic E-state index is 12.6. The lowest BCUT2D eigenvalue weighted by molar-refractivity contribution is -0.142. The molecule has 0 bridgehead atoms. The largest absolute Gasteiger partial charge is 0.454 e. The van der Waals surface area contributed by atoms with Crippen LogP contribution in [0.4, 0.5) is 0 Å². The highest BCUT2D eigenvalue weighted by molar-refractivity contribution is 6.42. The van der Waals surface area contributed by atoms with Gasteiger partial charge in [-0.15, -0.1) is 0 Å². The molecule has 1 saturated heterocycles. The summed E-state index contributed by atoms with van der Waals surface area (Å²) in [5.41, 5.74) is 1.67. The van der Waals surface area contributed by atoms with Crippen molar-refractivity contribution in [2.24, 2.45) is 5.92 Å². The fourth-order valence-corrected chi connectivity index (χ4v) is 3.88. The van der Waals surface area contributed by atoms with Gasteiger partial charge in [-0.3, -0.25) is 14.4 Å². The first-order valence-electron chi connectivity index (χ1n) is 8.95. The summed E-state index contributed by atoms with van der Waals surface area (Å²) < 4.78 is 10.7. The van der Waals surface area contributed by atoms with Gasteiger partial charge in [-0.1, -0.05) is 29.8 Å². The lowest BCUT2D eigenvalue weighted by atomic mass is 9.90. The van der Waals surface area contributed by atoms with E-state index in [1.54, 1.807) is 24.3 Å². The fourth-order valence-electron chi connectivity index (χ4n) is 3.75. The molecule has 144 valence electrons. The van der Waals surface area contributed by atoms with Gasteiger partial charge in [0.1, 0.15) is 11.7 Å². The number of carbonyl (C=O) groups excluding carboxylic acids is 3. The number of ether oxygens (including phenoxy) is 2. The van der Waals surface area contributed by atoms with Gasteiger partial charge in [-0.2, -0.15) is 0 Å². The number of carbonyl (C=O) groups is 3. The number of likely N-dealkylation sites (tertiary alicyclic amines) is 1. The Labute approximate surface area is 167 Å². The lowest BCUT2D eigenvalue weighted by Crippen LogP contribution is -2.32. The molecule has 0 spiro atoms. The molecule has 2 aliphatic rings. The summed E-state index contributed by atoms with van der Waals surface area (Å²) >= 11 is 5.96. The Morgan fingerprint density at radius 1 is 1.11 bits per heavy atom. The van der Waals surface area contributed by atoms with Crippen LogP contribution in [0.1, 0.15) is 24.1 Å². The second-order valence-electron chi connectivity index (χ2n) is 6.89. The van der Waals surface area contributed by atoms with Gasteiger partial charge in [0.2, 0.25) is 12.6 Å². The van der Waals surface area contributed by atoms with Crippen LogP contribution in [-0.2, 0) is 20.8 Å². The molecule has 4 rings (SSSR count). The molecule has 2 heterocycles. The minimum atomic E-state index is -0.995. The SMILES string of the molecule is CC(=O)C1C(=O)C(=O)N(CCc2ccc3c(c2)OCO3)C1c1ccc(Cl)cc1. The van der Waals surface area contributed by atoms with E-state index in [0.717, 1.165) is 11.1 Å². The molecule has 2 aliphatic heterocycles. The Bertz CT molecular complexity index is 956. The summed E-state index contributed by atoms with van der Waals surface area (Å²) in [7, 11) is 0. The van der Waals surface area contributed by atoms with E-state index >= 15 is 0 Å². The van der Waals surface area contributed by atoms with Crippen molar-refractivity contribution in [3.63, 3.8) is 0 Å². The van der Waals surface area contributed by atoms with Gasteiger partial charge in [-0.25, -0.2) is 0 Å². The molecule has 0 saturated carbocycles. The molecule has 28 heavy (non-hydrogen) atoms. The monoisotopic (exact) mass is 399 g/mol. The van der Waals surface area contributed by atoms with Gasteiger partial charge >= 0.3 is 0 Å². The molecular weight excluding hydrogens is 382 g/mol. The van der Waals surface area contributed by atoms with Crippen LogP contribution >= 0.6 is 11.6 Å². The van der Waals surface area contributed by atoms with Crippen molar-refractivity contribution in [3.05, 3.63) is 58.6 Å². The zero-order valence-electron chi connectivity index (χ0n) is 15.2. The number of amides is 1. The molecule has 2 aromatic rings. The number of hydrogen-bond donors (Lipinski definition) is 0. The number of fused-ring (bicyclic) bond motifs is 1. The number of halogens is 1.